The molecule has 0 radical (unpaired) electrons. The highest BCUT2D eigenvalue weighted by Gasteiger charge is 2.34. The average molecular weight is 458 g/mol. The molecule has 0 N–H and O–H groups in total. The van der Waals surface area contributed by atoms with Crippen molar-refractivity contribution < 1.29 is 28.6 Å². The van der Waals surface area contributed by atoms with Crippen molar-refractivity contribution in [3.8, 4) is 11.5 Å². The van der Waals surface area contributed by atoms with E-state index in [1.807, 2.05) is 13.8 Å². The molecule has 1 aliphatic heterocycles. The number of ether oxygens (including phenoxy) is 3. The lowest BCUT2D eigenvalue weighted by atomic mass is 9.81. The highest BCUT2D eigenvalue weighted by molar-refractivity contribution is 5.99. The lowest BCUT2D eigenvalue weighted by Crippen LogP contribution is -2.33. The maximum atomic E-state index is 12.7. The second-order valence-electron chi connectivity index (χ2n) is 9.20. The van der Waals surface area contributed by atoms with Crippen LogP contribution in [0.5, 0.6) is 11.5 Å². The van der Waals surface area contributed by atoms with Crippen molar-refractivity contribution in [3.05, 3.63) is 33.9 Å². The number of hydrogen-bond donors (Lipinski definition) is 0. The van der Waals surface area contributed by atoms with Crippen LogP contribution in [0, 0.1) is 18.8 Å². The molecule has 2 atom stereocenters. The monoisotopic (exact) mass is 457 g/mol. The zero-order chi connectivity index (χ0) is 24.3. The first kappa shape index (κ1) is 24.8. The van der Waals surface area contributed by atoms with Crippen molar-refractivity contribution in [3.63, 3.8) is 0 Å². The minimum atomic E-state index is -0.505. The molecule has 1 fully saturated rings. The van der Waals surface area contributed by atoms with Gasteiger partial charge in [0.1, 0.15) is 17.9 Å². The molecule has 1 heterocycles. The molecule has 1 amide bonds. The maximum Gasteiger partial charge on any atom is 0.342 e. The van der Waals surface area contributed by atoms with E-state index in [-0.39, 0.29) is 30.1 Å². The molecule has 3 rings (SSSR count). The van der Waals surface area contributed by atoms with Gasteiger partial charge in [-0.15, -0.1) is 0 Å². The van der Waals surface area contributed by atoms with Gasteiger partial charge in [-0.3, -0.25) is 9.59 Å². The van der Waals surface area contributed by atoms with Gasteiger partial charge in [-0.25, -0.2) is 4.79 Å². The van der Waals surface area contributed by atoms with Crippen LogP contribution in [0.4, 0.5) is 0 Å². The molecule has 180 valence electrons. The molecule has 2 aliphatic rings. The fourth-order valence-corrected chi connectivity index (χ4v) is 5.14. The summed E-state index contributed by atoms with van der Waals surface area (Å²) in [6, 6.07) is 0. The fourth-order valence-electron chi connectivity index (χ4n) is 5.14. The van der Waals surface area contributed by atoms with Crippen LogP contribution in [0.3, 0.4) is 0 Å². The number of fused-ring (bicyclic) bond motifs is 1. The number of carbonyl (C=O) groups excluding carboxylic acids is 3. The van der Waals surface area contributed by atoms with Gasteiger partial charge in [0.15, 0.2) is 5.75 Å². The Labute approximate surface area is 196 Å². The van der Waals surface area contributed by atoms with Crippen molar-refractivity contribution in [2.75, 3.05) is 21.2 Å². The number of benzene rings is 1. The number of cyclic esters (lactones) is 1. The molecule has 1 aliphatic carbocycles. The lowest BCUT2D eigenvalue weighted by Gasteiger charge is -2.27. The third-order valence-corrected chi connectivity index (χ3v) is 6.83. The Morgan fingerprint density at radius 3 is 2.58 bits per heavy atom. The van der Waals surface area contributed by atoms with E-state index < -0.39 is 11.9 Å². The number of rotatable bonds is 6. The van der Waals surface area contributed by atoms with Crippen LogP contribution >= 0.6 is 0 Å². The van der Waals surface area contributed by atoms with Crippen LogP contribution in [0.2, 0.25) is 0 Å². The zero-order valence-electron chi connectivity index (χ0n) is 20.6. The highest BCUT2D eigenvalue weighted by Crippen LogP contribution is 2.43. The zero-order valence-corrected chi connectivity index (χ0v) is 20.6. The van der Waals surface area contributed by atoms with E-state index in [0.717, 1.165) is 37.7 Å². The predicted octanol–water partition coefficient (Wildman–Crippen LogP) is 4.37. The van der Waals surface area contributed by atoms with Crippen LogP contribution in [0.25, 0.3) is 0 Å². The third-order valence-electron chi connectivity index (χ3n) is 6.83. The number of amides is 1. The molecule has 33 heavy (non-hydrogen) atoms. The molecule has 1 aromatic rings. The predicted molar refractivity (Wildman–Crippen MR) is 124 cm³/mol. The summed E-state index contributed by atoms with van der Waals surface area (Å²) in [7, 11) is 5.16. The SMILES string of the molecule is COc1c(C)c2c(c(OC(C)=O)c1C/C=C1\CCCCCC1C(C)C(=O)N(C)C)C(=O)OC2. The minimum Gasteiger partial charge on any atom is -0.496 e. The van der Waals surface area contributed by atoms with Gasteiger partial charge in [-0.05, 0) is 44.1 Å². The number of carbonyl (C=O) groups is 3. The molecule has 7 heteroatoms. The molecule has 7 nitrogen and oxygen atoms in total. The fraction of sp³-hybridized carbons (Fsp3) is 0.577. The smallest absolute Gasteiger partial charge is 0.342 e. The molecule has 2 unspecified atom stereocenters. The second-order valence-corrected chi connectivity index (χ2v) is 9.20. The van der Waals surface area contributed by atoms with Crippen molar-refractivity contribution in [2.45, 2.75) is 65.9 Å². The van der Waals surface area contributed by atoms with Crippen LogP contribution in [0.1, 0.15) is 73.0 Å². The number of nitrogens with zero attached hydrogens (tertiary/aromatic N) is 1. The number of esters is 2. The largest absolute Gasteiger partial charge is 0.496 e. The molecule has 1 saturated carbocycles. The van der Waals surface area contributed by atoms with E-state index in [2.05, 4.69) is 6.08 Å². The first-order valence-corrected chi connectivity index (χ1v) is 11.6. The third kappa shape index (κ3) is 5.07. The average Bonchev–Trinajstić information content (AvgIpc) is 3.00. The van der Waals surface area contributed by atoms with E-state index >= 15 is 0 Å². The Morgan fingerprint density at radius 2 is 1.94 bits per heavy atom. The van der Waals surface area contributed by atoms with Crippen molar-refractivity contribution >= 4 is 17.8 Å². The molecular weight excluding hydrogens is 422 g/mol. The van der Waals surface area contributed by atoms with Gasteiger partial charge in [0.2, 0.25) is 5.91 Å². The summed E-state index contributed by atoms with van der Waals surface area (Å²) >= 11 is 0. The van der Waals surface area contributed by atoms with Gasteiger partial charge < -0.3 is 19.1 Å². The molecular formula is C26H35NO6. The molecule has 1 aromatic carbocycles. The van der Waals surface area contributed by atoms with Crippen molar-refractivity contribution in [2.24, 2.45) is 11.8 Å². The van der Waals surface area contributed by atoms with Gasteiger partial charge in [0.05, 0.1) is 7.11 Å². The van der Waals surface area contributed by atoms with Crippen molar-refractivity contribution in [1.82, 2.24) is 4.90 Å². The quantitative estimate of drug-likeness (QED) is 0.273. The van der Waals surface area contributed by atoms with Gasteiger partial charge >= 0.3 is 11.9 Å². The van der Waals surface area contributed by atoms with Crippen LogP contribution in [0.15, 0.2) is 11.6 Å². The van der Waals surface area contributed by atoms with E-state index in [9.17, 15) is 14.4 Å². The Morgan fingerprint density at radius 1 is 1.21 bits per heavy atom. The molecule has 0 spiro atoms. The Kier molecular flexibility index (Phi) is 7.82. The standard InChI is InChI=1S/C26H35NO6/c1-15-21-14-32-26(30)22(21)24(33-17(3)28)20(23(15)31-6)13-12-18-10-8-7-9-11-19(18)16(2)25(29)27(4)5/h12,16,19H,7-11,13-14H2,1-6H3/b18-12+. The summed E-state index contributed by atoms with van der Waals surface area (Å²) in [5, 5.41) is 0. The summed E-state index contributed by atoms with van der Waals surface area (Å²) in [6.07, 6.45) is 7.79. The van der Waals surface area contributed by atoms with Gasteiger partial charge in [-0.2, -0.15) is 0 Å². The lowest BCUT2D eigenvalue weighted by molar-refractivity contribution is -0.134. The van der Waals surface area contributed by atoms with Gasteiger partial charge in [0.25, 0.3) is 0 Å². The van der Waals surface area contributed by atoms with Gasteiger partial charge in [0, 0.05) is 38.1 Å². The topological polar surface area (TPSA) is 82.1 Å². The molecule has 0 aromatic heterocycles. The maximum absolute atomic E-state index is 12.7. The summed E-state index contributed by atoms with van der Waals surface area (Å²) in [5.41, 5.74) is 3.72. The molecule has 0 saturated heterocycles. The van der Waals surface area contributed by atoms with Crippen LogP contribution in [-0.4, -0.2) is 44.0 Å². The summed E-state index contributed by atoms with van der Waals surface area (Å²) in [6.45, 7) is 5.35. The van der Waals surface area contributed by atoms with Gasteiger partial charge in [-0.1, -0.05) is 31.4 Å². The first-order valence-electron chi connectivity index (χ1n) is 11.6. The second kappa shape index (κ2) is 10.4. The number of allylic oxidation sites excluding steroid dienone is 2. The van der Waals surface area contributed by atoms with E-state index in [1.54, 1.807) is 26.1 Å². The van der Waals surface area contributed by atoms with Crippen LogP contribution in [-0.2, 0) is 27.4 Å². The Hall–Kier alpha value is -2.83. The summed E-state index contributed by atoms with van der Waals surface area (Å²) in [5.74, 6) is 0.00131. The number of methoxy groups -OCH3 is 1. The summed E-state index contributed by atoms with van der Waals surface area (Å²) in [4.78, 5) is 38.8. The van der Waals surface area contributed by atoms with Crippen molar-refractivity contribution in [1.29, 1.82) is 0 Å². The van der Waals surface area contributed by atoms with Crippen LogP contribution < -0.4 is 9.47 Å². The van der Waals surface area contributed by atoms with E-state index in [1.165, 1.54) is 12.5 Å². The Balaban J connectivity index is 2.07. The van der Waals surface area contributed by atoms with E-state index in [4.69, 9.17) is 14.2 Å². The highest BCUT2D eigenvalue weighted by atomic mass is 16.6. The summed E-state index contributed by atoms with van der Waals surface area (Å²) < 4.78 is 16.5. The number of hydrogen-bond acceptors (Lipinski definition) is 6. The first-order chi connectivity index (χ1) is 15.7. The Bertz CT molecular complexity index is 978. The normalized spacial score (nSPS) is 20.0. The molecule has 0 bridgehead atoms. The van der Waals surface area contributed by atoms with E-state index in [0.29, 0.717) is 28.9 Å². The minimum absolute atomic E-state index is 0.115.